The Hall–Kier alpha value is -1.61. The van der Waals surface area contributed by atoms with Gasteiger partial charge in [-0.05, 0) is 29.5 Å². The molecule has 0 aromatic heterocycles. The SMILES string of the molecule is CCCCCCC(C)(C)c1ccc(-c2ccccc2NSC)c(O)c1. The highest BCUT2D eigenvalue weighted by Gasteiger charge is 2.21. The van der Waals surface area contributed by atoms with E-state index in [1.54, 1.807) is 11.9 Å². The largest absolute Gasteiger partial charge is 0.507 e. The number of phenols is 1. The summed E-state index contributed by atoms with van der Waals surface area (Å²) in [6.45, 7) is 6.79. The van der Waals surface area contributed by atoms with Crippen molar-refractivity contribution in [3.8, 4) is 16.9 Å². The summed E-state index contributed by atoms with van der Waals surface area (Å²) in [4.78, 5) is 0. The molecule has 0 saturated carbocycles. The van der Waals surface area contributed by atoms with Gasteiger partial charge in [0.1, 0.15) is 5.75 Å². The van der Waals surface area contributed by atoms with Gasteiger partial charge in [-0.25, -0.2) is 0 Å². The number of hydrogen-bond acceptors (Lipinski definition) is 3. The first-order valence-electron chi connectivity index (χ1n) is 9.21. The van der Waals surface area contributed by atoms with Gasteiger partial charge in [0, 0.05) is 17.4 Å². The first-order chi connectivity index (χ1) is 12.0. The van der Waals surface area contributed by atoms with Crippen molar-refractivity contribution in [2.24, 2.45) is 0 Å². The second kappa shape index (κ2) is 9.19. The summed E-state index contributed by atoms with van der Waals surface area (Å²) in [7, 11) is 0. The zero-order valence-corrected chi connectivity index (χ0v) is 16.7. The minimum Gasteiger partial charge on any atom is -0.507 e. The van der Waals surface area contributed by atoms with Crippen molar-refractivity contribution in [1.29, 1.82) is 0 Å². The number of anilines is 1. The fourth-order valence-corrected chi connectivity index (χ4v) is 3.63. The molecule has 136 valence electrons. The summed E-state index contributed by atoms with van der Waals surface area (Å²) in [5.41, 5.74) is 4.22. The van der Waals surface area contributed by atoms with Gasteiger partial charge >= 0.3 is 0 Å². The number of para-hydroxylation sites is 1. The minimum atomic E-state index is 0.0841. The van der Waals surface area contributed by atoms with Crippen LogP contribution in [0.2, 0.25) is 0 Å². The van der Waals surface area contributed by atoms with E-state index in [2.05, 4.69) is 37.6 Å². The van der Waals surface area contributed by atoms with Crippen molar-refractivity contribution >= 4 is 17.6 Å². The summed E-state index contributed by atoms with van der Waals surface area (Å²) in [6.07, 6.45) is 8.25. The van der Waals surface area contributed by atoms with Crippen molar-refractivity contribution in [1.82, 2.24) is 0 Å². The third kappa shape index (κ3) is 5.18. The number of phenolic OH excluding ortho intramolecular Hbond substituents is 1. The molecule has 0 atom stereocenters. The van der Waals surface area contributed by atoms with Gasteiger partial charge in [-0.3, -0.25) is 0 Å². The standard InChI is InChI=1S/C22H31NOS/c1-5-6-7-10-15-22(2,3)17-13-14-19(21(24)16-17)18-11-8-9-12-20(18)23-25-4/h8-9,11-14,16,23-24H,5-7,10,15H2,1-4H3. The van der Waals surface area contributed by atoms with Crippen molar-refractivity contribution in [2.75, 3.05) is 11.0 Å². The lowest BCUT2D eigenvalue weighted by Gasteiger charge is -2.26. The van der Waals surface area contributed by atoms with E-state index in [0.29, 0.717) is 5.75 Å². The van der Waals surface area contributed by atoms with Crippen LogP contribution in [0, 0.1) is 0 Å². The van der Waals surface area contributed by atoms with Crippen LogP contribution in [0.25, 0.3) is 11.1 Å². The second-order valence-electron chi connectivity index (χ2n) is 7.28. The Morgan fingerprint density at radius 1 is 1.00 bits per heavy atom. The molecule has 0 radical (unpaired) electrons. The fourth-order valence-electron chi connectivity index (χ4n) is 3.24. The van der Waals surface area contributed by atoms with E-state index in [9.17, 15) is 5.11 Å². The number of benzene rings is 2. The molecular formula is C22H31NOS. The first-order valence-corrected chi connectivity index (χ1v) is 10.4. The van der Waals surface area contributed by atoms with Crippen molar-refractivity contribution in [2.45, 2.75) is 58.3 Å². The van der Waals surface area contributed by atoms with Gasteiger partial charge in [0.05, 0.1) is 5.69 Å². The highest BCUT2D eigenvalue weighted by Crippen LogP contribution is 2.39. The zero-order chi connectivity index (χ0) is 18.3. The summed E-state index contributed by atoms with van der Waals surface area (Å²) >= 11 is 1.56. The highest BCUT2D eigenvalue weighted by atomic mass is 32.2. The Balaban J connectivity index is 2.23. The fraction of sp³-hybridized carbons (Fsp3) is 0.455. The third-order valence-electron chi connectivity index (χ3n) is 4.86. The van der Waals surface area contributed by atoms with Gasteiger partial charge in [0.15, 0.2) is 0 Å². The van der Waals surface area contributed by atoms with Gasteiger partial charge in [0.25, 0.3) is 0 Å². The van der Waals surface area contributed by atoms with Gasteiger partial charge in [-0.2, -0.15) is 0 Å². The molecule has 0 aliphatic rings. The maximum Gasteiger partial charge on any atom is 0.123 e. The van der Waals surface area contributed by atoms with Gasteiger partial charge in [0.2, 0.25) is 0 Å². The normalized spacial score (nSPS) is 11.5. The number of nitrogens with one attached hydrogen (secondary N) is 1. The lowest BCUT2D eigenvalue weighted by Crippen LogP contribution is -2.16. The molecule has 25 heavy (non-hydrogen) atoms. The van der Waals surface area contributed by atoms with Crippen molar-refractivity contribution < 1.29 is 5.11 Å². The Morgan fingerprint density at radius 2 is 1.76 bits per heavy atom. The number of rotatable bonds is 9. The van der Waals surface area contributed by atoms with E-state index in [0.717, 1.165) is 23.2 Å². The minimum absolute atomic E-state index is 0.0841. The van der Waals surface area contributed by atoms with Crippen molar-refractivity contribution in [3.63, 3.8) is 0 Å². The predicted octanol–water partition coefficient (Wildman–Crippen LogP) is 7.00. The Kier molecular flexibility index (Phi) is 7.24. The summed E-state index contributed by atoms with van der Waals surface area (Å²) < 4.78 is 3.29. The number of unbranched alkanes of at least 4 members (excludes halogenated alkanes) is 3. The van der Waals surface area contributed by atoms with Crippen molar-refractivity contribution in [3.05, 3.63) is 48.0 Å². The molecule has 0 aliphatic heterocycles. The van der Waals surface area contributed by atoms with Crippen LogP contribution in [0.4, 0.5) is 5.69 Å². The van der Waals surface area contributed by atoms with Gasteiger partial charge in [-0.1, -0.05) is 88.7 Å². The summed E-state index contributed by atoms with van der Waals surface area (Å²) in [5, 5.41) is 10.7. The monoisotopic (exact) mass is 357 g/mol. The summed E-state index contributed by atoms with van der Waals surface area (Å²) in [5.74, 6) is 0.356. The van der Waals surface area contributed by atoms with Crippen LogP contribution in [0.3, 0.4) is 0 Å². The maximum atomic E-state index is 10.7. The van der Waals surface area contributed by atoms with Gasteiger partial charge < -0.3 is 9.83 Å². The summed E-state index contributed by atoms with van der Waals surface area (Å²) in [6, 6.07) is 14.3. The van der Waals surface area contributed by atoms with Crippen LogP contribution >= 0.6 is 11.9 Å². The Bertz CT molecular complexity index is 681. The Labute approximate surface area is 157 Å². The van der Waals surface area contributed by atoms with Crippen LogP contribution < -0.4 is 4.72 Å². The lowest BCUT2D eigenvalue weighted by atomic mass is 9.79. The molecule has 0 fully saturated rings. The topological polar surface area (TPSA) is 32.3 Å². The maximum absolute atomic E-state index is 10.7. The van der Waals surface area contributed by atoms with E-state index >= 15 is 0 Å². The Morgan fingerprint density at radius 3 is 2.44 bits per heavy atom. The first kappa shape index (κ1) is 19.7. The zero-order valence-electron chi connectivity index (χ0n) is 15.9. The molecule has 2 aromatic carbocycles. The number of hydrogen-bond donors (Lipinski definition) is 2. The third-order valence-corrected chi connectivity index (χ3v) is 5.29. The van der Waals surface area contributed by atoms with Crippen LogP contribution in [-0.2, 0) is 5.41 Å². The molecule has 0 bridgehead atoms. The molecule has 3 heteroatoms. The van der Waals surface area contributed by atoms with Crippen LogP contribution in [-0.4, -0.2) is 11.4 Å². The average Bonchev–Trinajstić information content (AvgIpc) is 2.60. The lowest BCUT2D eigenvalue weighted by molar-refractivity contribution is 0.438. The molecule has 2 aromatic rings. The molecule has 2 N–H and O–H groups in total. The number of aromatic hydroxyl groups is 1. The molecule has 0 amide bonds. The molecule has 0 aliphatic carbocycles. The highest BCUT2D eigenvalue weighted by molar-refractivity contribution is 7.99. The molecule has 2 nitrogen and oxygen atoms in total. The van der Waals surface area contributed by atoms with Crippen LogP contribution in [0.1, 0.15) is 58.4 Å². The molecule has 2 rings (SSSR count). The molecular weight excluding hydrogens is 326 g/mol. The molecule has 0 saturated heterocycles. The second-order valence-corrected chi connectivity index (χ2v) is 7.89. The molecule has 0 unspecified atom stereocenters. The van der Waals surface area contributed by atoms with Crippen LogP contribution in [0.15, 0.2) is 42.5 Å². The smallest absolute Gasteiger partial charge is 0.123 e. The van der Waals surface area contributed by atoms with Gasteiger partial charge in [-0.15, -0.1) is 0 Å². The van der Waals surface area contributed by atoms with Crippen LogP contribution in [0.5, 0.6) is 5.75 Å². The van der Waals surface area contributed by atoms with E-state index in [4.69, 9.17) is 0 Å². The van der Waals surface area contributed by atoms with E-state index in [1.807, 2.05) is 36.6 Å². The quantitative estimate of drug-likeness (QED) is 0.374. The average molecular weight is 358 g/mol. The van der Waals surface area contributed by atoms with E-state index in [-0.39, 0.29) is 5.41 Å². The van der Waals surface area contributed by atoms with E-state index < -0.39 is 0 Å². The predicted molar refractivity (Wildman–Crippen MR) is 112 cm³/mol. The molecule has 0 heterocycles. The molecule has 0 spiro atoms. The van der Waals surface area contributed by atoms with E-state index in [1.165, 1.54) is 31.2 Å².